The predicted octanol–water partition coefficient (Wildman–Crippen LogP) is 3.56. The van der Waals surface area contributed by atoms with Gasteiger partial charge in [-0.1, -0.05) is 36.4 Å². The molecule has 0 saturated heterocycles. The maximum absolute atomic E-state index is 5.77. The fourth-order valence-corrected chi connectivity index (χ4v) is 1.46. The predicted molar refractivity (Wildman–Crippen MR) is 64.8 cm³/mol. The van der Waals surface area contributed by atoms with Gasteiger partial charge in [0.15, 0.2) is 0 Å². The van der Waals surface area contributed by atoms with Gasteiger partial charge in [0.1, 0.15) is 18.1 Å². The van der Waals surface area contributed by atoms with Gasteiger partial charge in [0.05, 0.1) is 7.11 Å². The molecule has 0 amide bonds. The Hall–Kier alpha value is -1.84. The maximum Gasteiger partial charge on any atom is 0.133 e. The summed E-state index contributed by atoms with van der Waals surface area (Å²) in [6.07, 6.45) is 0. The van der Waals surface area contributed by atoms with Crippen LogP contribution in [0.25, 0.3) is 0 Å². The SMILES string of the molecule is COOCc1ccccc1Oc1ccccc1. The number of hydrogen-bond acceptors (Lipinski definition) is 3. The average molecular weight is 230 g/mol. The zero-order chi connectivity index (χ0) is 11.9. The molecule has 0 unspecified atom stereocenters. The molecule has 17 heavy (non-hydrogen) atoms. The second-order valence-corrected chi connectivity index (χ2v) is 3.45. The van der Waals surface area contributed by atoms with E-state index in [9.17, 15) is 0 Å². The van der Waals surface area contributed by atoms with E-state index in [1.54, 1.807) is 0 Å². The van der Waals surface area contributed by atoms with E-state index in [1.807, 2.05) is 54.6 Å². The molecule has 88 valence electrons. The molecule has 0 heterocycles. The topological polar surface area (TPSA) is 27.7 Å². The minimum Gasteiger partial charge on any atom is -0.457 e. The molecule has 0 fully saturated rings. The fourth-order valence-electron chi connectivity index (χ4n) is 1.46. The first kappa shape index (κ1) is 11.6. The molecule has 0 radical (unpaired) electrons. The normalized spacial score (nSPS) is 10.2. The lowest BCUT2D eigenvalue weighted by Crippen LogP contribution is -1.95. The summed E-state index contributed by atoms with van der Waals surface area (Å²) in [6.45, 7) is 0.361. The molecular formula is C14H14O3. The van der Waals surface area contributed by atoms with E-state index in [1.165, 1.54) is 7.11 Å². The van der Waals surface area contributed by atoms with Crippen LogP contribution in [0.5, 0.6) is 11.5 Å². The van der Waals surface area contributed by atoms with E-state index in [0.717, 1.165) is 17.1 Å². The summed E-state index contributed by atoms with van der Waals surface area (Å²) in [6, 6.07) is 17.3. The van der Waals surface area contributed by atoms with Gasteiger partial charge in [-0.05, 0) is 18.2 Å². The highest BCUT2D eigenvalue weighted by molar-refractivity contribution is 5.37. The minimum absolute atomic E-state index is 0.361. The van der Waals surface area contributed by atoms with Crippen LogP contribution < -0.4 is 4.74 Å². The standard InChI is InChI=1S/C14H14O3/c1-15-16-11-12-7-5-6-10-14(12)17-13-8-3-2-4-9-13/h2-10H,11H2,1H3. The van der Waals surface area contributed by atoms with Crippen molar-refractivity contribution in [1.82, 2.24) is 0 Å². The van der Waals surface area contributed by atoms with Crippen molar-refractivity contribution >= 4 is 0 Å². The molecule has 0 atom stereocenters. The van der Waals surface area contributed by atoms with Crippen molar-refractivity contribution in [1.29, 1.82) is 0 Å². The van der Waals surface area contributed by atoms with Gasteiger partial charge in [-0.2, -0.15) is 0 Å². The van der Waals surface area contributed by atoms with Crippen LogP contribution in [-0.2, 0) is 16.4 Å². The molecule has 0 aliphatic rings. The lowest BCUT2D eigenvalue weighted by atomic mass is 10.2. The van der Waals surface area contributed by atoms with Crippen LogP contribution in [0, 0.1) is 0 Å². The van der Waals surface area contributed by atoms with Crippen molar-refractivity contribution in [3.05, 3.63) is 60.2 Å². The van der Waals surface area contributed by atoms with Crippen LogP contribution in [0.4, 0.5) is 0 Å². The molecule has 2 aromatic rings. The van der Waals surface area contributed by atoms with Crippen molar-refractivity contribution in [3.8, 4) is 11.5 Å². The van der Waals surface area contributed by atoms with Crippen molar-refractivity contribution in [2.75, 3.05) is 7.11 Å². The number of para-hydroxylation sites is 2. The molecular weight excluding hydrogens is 216 g/mol. The highest BCUT2D eigenvalue weighted by Crippen LogP contribution is 2.25. The van der Waals surface area contributed by atoms with Crippen LogP contribution in [0.15, 0.2) is 54.6 Å². The lowest BCUT2D eigenvalue weighted by Gasteiger charge is -2.10. The number of ether oxygens (including phenoxy) is 1. The minimum atomic E-state index is 0.361. The Labute approximate surface area is 100 Å². The molecule has 0 saturated carbocycles. The fraction of sp³-hybridized carbons (Fsp3) is 0.143. The van der Waals surface area contributed by atoms with E-state index in [0.29, 0.717) is 6.61 Å². The Morgan fingerprint density at radius 1 is 0.882 bits per heavy atom. The van der Waals surface area contributed by atoms with Crippen molar-refractivity contribution in [2.45, 2.75) is 6.61 Å². The first-order valence-electron chi connectivity index (χ1n) is 5.36. The van der Waals surface area contributed by atoms with Gasteiger partial charge >= 0.3 is 0 Å². The number of rotatable bonds is 5. The number of benzene rings is 2. The zero-order valence-electron chi connectivity index (χ0n) is 9.63. The van der Waals surface area contributed by atoms with Crippen LogP contribution >= 0.6 is 0 Å². The van der Waals surface area contributed by atoms with E-state index < -0.39 is 0 Å². The second-order valence-electron chi connectivity index (χ2n) is 3.45. The second kappa shape index (κ2) is 6.03. The third-order valence-electron chi connectivity index (χ3n) is 2.28. The quantitative estimate of drug-likeness (QED) is 0.580. The van der Waals surface area contributed by atoms with Crippen LogP contribution in [0.1, 0.15) is 5.56 Å². The van der Waals surface area contributed by atoms with Gasteiger partial charge in [0.25, 0.3) is 0 Å². The molecule has 3 heteroatoms. The van der Waals surface area contributed by atoms with E-state index in [4.69, 9.17) is 9.62 Å². The summed E-state index contributed by atoms with van der Waals surface area (Å²) in [5, 5.41) is 0. The summed E-state index contributed by atoms with van der Waals surface area (Å²) < 4.78 is 5.77. The van der Waals surface area contributed by atoms with Gasteiger partial charge < -0.3 is 4.74 Å². The first-order valence-corrected chi connectivity index (χ1v) is 5.36. The molecule has 2 rings (SSSR count). The van der Waals surface area contributed by atoms with Gasteiger partial charge in [-0.3, -0.25) is 0 Å². The molecule has 3 nitrogen and oxygen atoms in total. The summed E-state index contributed by atoms with van der Waals surface area (Å²) >= 11 is 0. The third-order valence-corrected chi connectivity index (χ3v) is 2.28. The van der Waals surface area contributed by atoms with Crippen LogP contribution in [0.2, 0.25) is 0 Å². The Bertz CT molecular complexity index is 454. The monoisotopic (exact) mass is 230 g/mol. The molecule has 2 aromatic carbocycles. The summed E-state index contributed by atoms with van der Waals surface area (Å²) in [5.74, 6) is 1.58. The third kappa shape index (κ3) is 3.31. The zero-order valence-corrected chi connectivity index (χ0v) is 9.63. The molecule has 0 aliphatic heterocycles. The van der Waals surface area contributed by atoms with Gasteiger partial charge in [-0.15, -0.1) is 0 Å². The Kier molecular flexibility index (Phi) is 4.13. The Balaban J connectivity index is 2.15. The molecule has 0 aliphatic carbocycles. The Morgan fingerprint density at radius 3 is 2.35 bits per heavy atom. The molecule has 0 N–H and O–H groups in total. The van der Waals surface area contributed by atoms with Crippen LogP contribution in [0.3, 0.4) is 0 Å². The smallest absolute Gasteiger partial charge is 0.133 e. The summed E-state index contributed by atoms with van der Waals surface area (Å²) in [4.78, 5) is 9.51. The van der Waals surface area contributed by atoms with Crippen molar-refractivity contribution in [2.24, 2.45) is 0 Å². The maximum atomic E-state index is 5.77. The Morgan fingerprint density at radius 2 is 1.59 bits per heavy atom. The lowest BCUT2D eigenvalue weighted by molar-refractivity contribution is -0.282. The van der Waals surface area contributed by atoms with E-state index in [2.05, 4.69) is 4.89 Å². The van der Waals surface area contributed by atoms with Crippen molar-refractivity contribution in [3.63, 3.8) is 0 Å². The highest BCUT2D eigenvalue weighted by Gasteiger charge is 2.04. The van der Waals surface area contributed by atoms with Gasteiger partial charge in [0.2, 0.25) is 0 Å². The molecule has 0 spiro atoms. The average Bonchev–Trinajstić information content (AvgIpc) is 2.39. The highest BCUT2D eigenvalue weighted by atomic mass is 17.2. The van der Waals surface area contributed by atoms with E-state index in [-0.39, 0.29) is 0 Å². The molecule has 0 bridgehead atoms. The van der Waals surface area contributed by atoms with Crippen molar-refractivity contribution < 1.29 is 14.5 Å². The molecule has 0 aromatic heterocycles. The summed E-state index contributed by atoms with van der Waals surface area (Å²) in [5.41, 5.74) is 0.943. The van der Waals surface area contributed by atoms with E-state index >= 15 is 0 Å². The largest absolute Gasteiger partial charge is 0.457 e. The van der Waals surface area contributed by atoms with Gasteiger partial charge in [-0.25, -0.2) is 9.78 Å². The van der Waals surface area contributed by atoms with Gasteiger partial charge in [0, 0.05) is 5.56 Å². The van der Waals surface area contributed by atoms with Crippen LogP contribution in [-0.4, -0.2) is 7.11 Å². The summed E-state index contributed by atoms with van der Waals surface area (Å²) in [7, 11) is 1.49. The number of hydrogen-bond donors (Lipinski definition) is 0. The first-order chi connectivity index (χ1) is 8.40.